The predicted molar refractivity (Wildman–Crippen MR) is 95.1 cm³/mol. The SMILES string of the molecule is CCCNC(=O)OC[C@]12CO[C@H](c3ccco3)[C@@H](C(C)=C[C@H]1C)[C@H]2C. The van der Waals surface area contributed by atoms with E-state index < -0.39 is 0 Å². The van der Waals surface area contributed by atoms with Gasteiger partial charge in [0.1, 0.15) is 18.5 Å². The molecule has 5 nitrogen and oxygen atoms in total. The van der Waals surface area contributed by atoms with Crippen LogP contribution in [-0.2, 0) is 9.47 Å². The molecule has 0 saturated carbocycles. The zero-order valence-electron chi connectivity index (χ0n) is 15.6. The maximum absolute atomic E-state index is 11.9. The lowest BCUT2D eigenvalue weighted by atomic mass is 9.56. The minimum absolute atomic E-state index is 0.0733. The van der Waals surface area contributed by atoms with E-state index in [1.165, 1.54) is 5.57 Å². The van der Waals surface area contributed by atoms with Crippen molar-refractivity contribution in [2.75, 3.05) is 19.8 Å². The molecule has 1 saturated heterocycles. The zero-order valence-corrected chi connectivity index (χ0v) is 15.6. The first kappa shape index (κ1) is 18.1. The molecule has 1 aliphatic carbocycles. The number of carbonyl (C=O) groups excluding carboxylic acids is 1. The van der Waals surface area contributed by atoms with Crippen molar-refractivity contribution in [2.45, 2.75) is 40.2 Å². The summed E-state index contributed by atoms with van der Waals surface area (Å²) in [4.78, 5) is 11.9. The fraction of sp³-hybridized carbons (Fsp3) is 0.650. The van der Waals surface area contributed by atoms with Crippen LogP contribution in [0.2, 0.25) is 0 Å². The summed E-state index contributed by atoms with van der Waals surface area (Å²) >= 11 is 0. The van der Waals surface area contributed by atoms with E-state index in [2.05, 4.69) is 32.2 Å². The van der Waals surface area contributed by atoms with Crippen molar-refractivity contribution < 1.29 is 18.7 Å². The van der Waals surface area contributed by atoms with Gasteiger partial charge in [0.25, 0.3) is 0 Å². The average molecular weight is 347 g/mol. The average Bonchev–Trinajstić information content (AvgIpc) is 3.11. The summed E-state index contributed by atoms with van der Waals surface area (Å²) in [5.41, 5.74) is 1.13. The van der Waals surface area contributed by atoms with Gasteiger partial charge in [-0.1, -0.05) is 32.4 Å². The molecule has 138 valence electrons. The first-order valence-electron chi connectivity index (χ1n) is 9.23. The summed E-state index contributed by atoms with van der Waals surface area (Å²) in [5, 5.41) is 2.78. The number of allylic oxidation sites excluding steroid dienone is 1. The molecule has 2 heterocycles. The van der Waals surface area contributed by atoms with Crippen LogP contribution in [-0.4, -0.2) is 25.9 Å². The van der Waals surface area contributed by atoms with Crippen molar-refractivity contribution in [3.8, 4) is 0 Å². The van der Waals surface area contributed by atoms with Crippen LogP contribution < -0.4 is 5.32 Å². The van der Waals surface area contributed by atoms with E-state index in [4.69, 9.17) is 13.9 Å². The number of nitrogens with one attached hydrogen (secondary N) is 1. The maximum atomic E-state index is 11.9. The van der Waals surface area contributed by atoms with Crippen molar-refractivity contribution in [1.29, 1.82) is 0 Å². The number of amides is 1. The molecular weight excluding hydrogens is 318 g/mol. The number of furan rings is 1. The molecule has 1 aliphatic heterocycles. The van der Waals surface area contributed by atoms with Gasteiger partial charge in [0.05, 0.1) is 12.9 Å². The van der Waals surface area contributed by atoms with Gasteiger partial charge >= 0.3 is 6.09 Å². The number of ether oxygens (including phenoxy) is 2. The molecule has 0 spiro atoms. The molecule has 1 fully saturated rings. The van der Waals surface area contributed by atoms with E-state index in [0.717, 1.165) is 12.2 Å². The van der Waals surface area contributed by atoms with E-state index in [-0.39, 0.29) is 29.4 Å². The Kier molecular flexibility index (Phi) is 5.23. The summed E-state index contributed by atoms with van der Waals surface area (Å²) in [6.45, 7) is 10.2. The van der Waals surface area contributed by atoms with Gasteiger partial charge in [-0.3, -0.25) is 0 Å². The van der Waals surface area contributed by atoms with Crippen LogP contribution in [0.15, 0.2) is 34.5 Å². The molecule has 25 heavy (non-hydrogen) atoms. The summed E-state index contributed by atoms with van der Waals surface area (Å²) in [7, 11) is 0. The molecule has 5 heteroatoms. The van der Waals surface area contributed by atoms with Crippen LogP contribution in [0.25, 0.3) is 0 Å². The highest BCUT2D eigenvalue weighted by Gasteiger charge is 2.55. The van der Waals surface area contributed by atoms with Gasteiger partial charge in [-0.05, 0) is 37.3 Å². The van der Waals surface area contributed by atoms with Crippen LogP contribution in [0.4, 0.5) is 4.79 Å². The highest BCUT2D eigenvalue weighted by molar-refractivity contribution is 5.67. The number of hydrogen-bond donors (Lipinski definition) is 1. The van der Waals surface area contributed by atoms with Crippen LogP contribution in [0.5, 0.6) is 0 Å². The topological polar surface area (TPSA) is 60.7 Å². The first-order chi connectivity index (χ1) is 12.0. The van der Waals surface area contributed by atoms with E-state index in [9.17, 15) is 4.79 Å². The third-order valence-corrected chi connectivity index (χ3v) is 6.06. The summed E-state index contributed by atoms with van der Waals surface area (Å²) in [5.74, 6) is 1.72. The standard InChI is InChI=1S/C20H29NO4/c1-5-8-21-19(22)25-12-20-11-24-18(16-7-6-9-23-16)17(15(20)4)13(2)10-14(20)3/h6-7,9-10,14-15,17-18H,5,8,11-12H2,1-4H3,(H,21,22)/t14-,15-,17+,18-,20-/m1/s1. The van der Waals surface area contributed by atoms with Gasteiger partial charge in [0.2, 0.25) is 0 Å². The summed E-state index contributed by atoms with van der Waals surface area (Å²) < 4.78 is 17.5. The molecule has 3 rings (SSSR count). The Morgan fingerprint density at radius 2 is 2.24 bits per heavy atom. The molecule has 0 unspecified atom stereocenters. The second kappa shape index (κ2) is 7.24. The quantitative estimate of drug-likeness (QED) is 0.806. The highest BCUT2D eigenvalue weighted by atomic mass is 16.6. The fourth-order valence-electron chi connectivity index (χ4n) is 4.45. The largest absolute Gasteiger partial charge is 0.467 e. The minimum Gasteiger partial charge on any atom is -0.467 e. The Labute approximate surface area is 149 Å². The molecule has 2 bridgehead atoms. The molecule has 1 aromatic heterocycles. The minimum atomic E-state index is -0.341. The van der Waals surface area contributed by atoms with Crippen LogP contribution in [0.1, 0.15) is 46.0 Å². The van der Waals surface area contributed by atoms with E-state index in [1.54, 1.807) is 6.26 Å². The molecule has 0 aromatic carbocycles. The Morgan fingerprint density at radius 1 is 1.44 bits per heavy atom. The second-order valence-corrected chi connectivity index (χ2v) is 7.50. The Balaban J connectivity index is 1.80. The van der Waals surface area contributed by atoms with Gasteiger partial charge in [0.15, 0.2) is 0 Å². The molecule has 5 atom stereocenters. The summed E-state index contributed by atoms with van der Waals surface area (Å²) in [6.07, 6.45) is 4.49. The van der Waals surface area contributed by atoms with Gasteiger partial charge < -0.3 is 19.2 Å². The van der Waals surface area contributed by atoms with Gasteiger partial charge in [-0.2, -0.15) is 0 Å². The normalized spacial score (nSPS) is 34.3. The molecule has 1 aromatic rings. The van der Waals surface area contributed by atoms with Gasteiger partial charge in [-0.15, -0.1) is 0 Å². The molecule has 1 amide bonds. The van der Waals surface area contributed by atoms with E-state index in [1.807, 2.05) is 19.1 Å². The number of rotatable bonds is 5. The fourth-order valence-corrected chi connectivity index (χ4v) is 4.45. The second-order valence-electron chi connectivity index (χ2n) is 7.50. The molecule has 0 radical (unpaired) electrons. The zero-order chi connectivity index (χ0) is 18.0. The van der Waals surface area contributed by atoms with Crippen molar-refractivity contribution >= 4 is 6.09 Å². The van der Waals surface area contributed by atoms with Crippen LogP contribution in [0.3, 0.4) is 0 Å². The lowest BCUT2D eigenvalue weighted by Crippen LogP contribution is -2.54. The Bertz CT molecular complexity index is 624. The van der Waals surface area contributed by atoms with E-state index in [0.29, 0.717) is 25.7 Å². The smallest absolute Gasteiger partial charge is 0.407 e. The number of hydrogen-bond acceptors (Lipinski definition) is 4. The summed E-state index contributed by atoms with van der Waals surface area (Å²) in [6, 6.07) is 3.88. The Hall–Kier alpha value is -1.75. The van der Waals surface area contributed by atoms with Gasteiger partial charge in [0, 0.05) is 17.9 Å². The lowest BCUT2D eigenvalue weighted by Gasteiger charge is -2.54. The number of alkyl carbamates (subject to hydrolysis) is 1. The maximum Gasteiger partial charge on any atom is 0.407 e. The molecular formula is C20H29NO4. The van der Waals surface area contributed by atoms with E-state index >= 15 is 0 Å². The van der Waals surface area contributed by atoms with Crippen molar-refractivity contribution in [2.24, 2.45) is 23.2 Å². The lowest BCUT2D eigenvalue weighted by molar-refractivity contribution is -0.170. The van der Waals surface area contributed by atoms with Crippen LogP contribution >= 0.6 is 0 Å². The monoisotopic (exact) mass is 347 g/mol. The third-order valence-electron chi connectivity index (χ3n) is 6.06. The van der Waals surface area contributed by atoms with Gasteiger partial charge in [-0.25, -0.2) is 4.79 Å². The highest BCUT2D eigenvalue weighted by Crippen LogP contribution is 2.56. The van der Waals surface area contributed by atoms with Crippen molar-refractivity contribution in [1.82, 2.24) is 5.32 Å². The van der Waals surface area contributed by atoms with Crippen LogP contribution in [0, 0.1) is 23.2 Å². The first-order valence-corrected chi connectivity index (χ1v) is 9.23. The Morgan fingerprint density at radius 3 is 2.92 bits per heavy atom. The molecule has 2 aliphatic rings. The number of fused-ring (bicyclic) bond motifs is 2. The third kappa shape index (κ3) is 3.22. The van der Waals surface area contributed by atoms with Crippen molar-refractivity contribution in [3.63, 3.8) is 0 Å². The van der Waals surface area contributed by atoms with Crippen molar-refractivity contribution in [3.05, 3.63) is 35.8 Å². The number of carbonyl (C=O) groups is 1. The molecule has 1 N–H and O–H groups in total. The predicted octanol–water partition coefficient (Wildman–Crippen LogP) is 4.32.